The van der Waals surface area contributed by atoms with Gasteiger partial charge in [0.05, 0.1) is 18.8 Å². The summed E-state index contributed by atoms with van der Waals surface area (Å²) in [5, 5.41) is 0. The first-order valence-corrected chi connectivity index (χ1v) is 9.54. The highest BCUT2D eigenvalue weighted by atomic mass is 16.5. The number of hydrogen-bond donors (Lipinski definition) is 0. The van der Waals surface area contributed by atoms with E-state index in [0.29, 0.717) is 25.3 Å². The molecule has 3 aliphatic heterocycles. The SMILES string of the molecule is CN1CCC[C@@H]1[C@@H]1CCCN1C(=O)c1cccnc1N1CCOCC1. The van der Waals surface area contributed by atoms with Gasteiger partial charge in [0, 0.05) is 37.9 Å². The van der Waals surface area contributed by atoms with Crippen LogP contribution in [0.25, 0.3) is 0 Å². The average Bonchev–Trinajstić information content (AvgIpc) is 3.30. The van der Waals surface area contributed by atoms with Crippen molar-refractivity contribution >= 4 is 11.7 Å². The minimum absolute atomic E-state index is 0.150. The van der Waals surface area contributed by atoms with E-state index in [4.69, 9.17) is 4.74 Å². The molecule has 4 rings (SSSR count). The van der Waals surface area contributed by atoms with Crippen molar-refractivity contribution in [3.05, 3.63) is 23.9 Å². The van der Waals surface area contributed by atoms with Crippen LogP contribution in [0, 0.1) is 0 Å². The number of rotatable bonds is 3. The molecule has 0 saturated carbocycles. The van der Waals surface area contributed by atoms with Gasteiger partial charge in [-0.05, 0) is 51.4 Å². The van der Waals surface area contributed by atoms with Crippen LogP contribution in [-0.2, 0) is 4.74 Å². The third kappa shape index (κ3) is 3.25. The van der Waals surface area contributed by atoms with Crippen LogP contribution in [0.3, 0.4) is 0 Å². The van der Waals surface area contributed by atoms with Crippen LogP contribution in [0.2, 0.25) is 0 Å². The van der Waals surface area contributed by atoms with E-state index in [-0.39, 0.29) is 5.91 Å². The number of anilines is 1. The van der Waals surface area contributed by atoms with Crippen molar-refractivity contribution in [2.75, 3.05) is 51.3 Å². The van der Waals surface area contributed by atoms with Crippen LogP contribution < -0.4 is 4.90 Å². The molecule has 2 atom stereocenters. The molecular formula is C19H28N4O2. The minimum atomic E-state index is 0.150. The van der Waals surface area contributed by atoms with Crippen molar-refractivity contribution in [3.63, 3.8) is 0 Å². The van der Waals surface area contributed by atoms with Crippen LogP contribution >= 0.6 is 0 Å². The van der Waals surface area contributed by atoms with Gasteiger partial charge >= 0.3 is 0 Å². The van der Waals surface area contributed by atoms with Crippen LogP contribution in [0.4, 0.5) is 5.82 Å². The summed E-state index contributed by atoms with van der Waals surface area (Å²) in [6, 6.07) is 4.67. The van der Waals surface area contributed by atoms with Crippen molar-refractivity contribution in [2.45, 2.75) is 37.8 Å². The van der Waals surface area contributed by atoms with Gasteiger partial charge in [-0.15, -0.1) is 0 Å². The van der Waals surface area contributed by atoms with Gasteiger partial charge in [-0.3, -0.25) is 4.79 Å². The highest BCUT2D eigenvalue weighted by molar-refractivity contribution is 5.99. The number of ether oxygens (including phenoxy) is 1. The van der Waals surface area contributed by atoms with Gasteiger partial charge in [0.25, 0.3) is 5.91 Å². The number of pyridine rings is 1. The number of likely N-dealkylation sites (tertiary alicyclic amines) is 2. The zero-order chi connectivity index (χ0) is 17.2. The van der Waals surface area contributed by atoms with Crippen LogP contribution in [0.1, 0.15) is 36.0 Å². The van der Waals surface area contributed by atoms with E-state index in [9.17, 15) is 4.79 Å². The second-order valence-electron chi connectivity index (χ2n) is 7.37. The number of nitrogens with zero attached hydrogens (tertiary/aromatic N) is 4. The first kappa shape index (κ1) is 16.8. The smallest absolute Gasteiger partial charge is 0.257 e. The lowest BCUT2D eigenvalue weighted by molar-refractivity contribution is 0.0663. The maximum atomic E-state index is 13.4. The summed E-state index contributed by atoms with van der Waals surface area (Å²) in [5.41, 5.74) is 0.747. The van der Waals surface area contributed by atoms with E-state index in [0.717, 1.165) is 50.4 Å². The summed E-state index contributed by atoms with van der Waals surface area (Å²) in [6.07, 6.45) is 6.45. The Labute approximate surface area is 149 Å². The number of amides is 1. The fourth-order valence-electron chi connectivity index (χ4n) is 4.61. The van der Waals surface area contributed by atoms with E-state index in [2.05, 4.69) is 26.7 Å². The third-order valence-electron chi connectivity index (χ3n) is 5.91. The Hall–Kier alpha value is -1.66. The van der Waals surface area contributed by atoms with Crippen molar-refractivity contribution in [3.8, 4) is 0 Å². The van der Waals surface area contributed by atoms with Crippen LogP contribution in [-0.4, -0.2) is 79.2 Å². The van der Waals surface area contributed by atoms with Crippen molar-refractivity contribution < 1.29 is 9.53 Å². The van der Waals surface area contributed by atoms with Gasteiger partial charge in [0.1, 0.15) is 5.82 Å². The van der Waals surface area contributed by atoms with Gasteiger partial charge in [0.2, 0.25) is 0 Å². The normalized spacial score (nSPS) is 27.9. The van der Waals surface area contributed by atoms with Gasteiger partial charge < -0.3 is 19.4 Å². The molecule has 6 heteroatoms. The largest absolute Gasteiger partial charge is 0.378 e. The molecule has 1 aromatic heterocycles. The number of likely N-dealkylation sites (N-methyl/N-ethyl adjacent to an activating group) is 1. The van der Waals surface area contributed by atoms with Crippen molar-refractivity contribution in [1.29, 1.82) is 0 Å². The molecule has 0 radical (unpaired) electrons. The van der Waals surface area contributed by atoms with Gasteiger partial charge in [-0.2, -0.15) is 0 Å². The molecule has 0 aliphatic carbocycles. The monoisotopic (exact) mass is 344 g/mol. The minimum Gasteiger partial charge on any atom is -0.378 e. The predicted molar refractivity (Wildman–Crippen MR) is 97.0 cm³/mol. The highest BCUT2D eigenvalue weighted by Crippen LogP contribution is 2.31. The quantitative estimate of drug-likeness (QED) is 0.834. The lowest BCUT2D eigenvalue weighted by atomic mass is 10.0. The molecule has 3 aliphatic rings. The summed E-state index contributed by atoms with van der Waals surface area (Å²) < 4.78 is 5.45. The van der Waals surface area contributed by atoms with E-state index >= 15 is 0 Å². The van der Waals surface area contributed by atoms with Crippen molar-refractivity contribution in [2.24, 2.45) is 0 Å². The first-order valence-electron chi connectivity index (χ1n) is 9.54. The lowest BCUT2D eigenvalue weighted by Gasteiger charge is -2.34. The summed E-state index contributed by atoms with van der Waals surface area (Å²) in [5.74, 6) is 0.971. The molecule has 0 unspecified atom stereocenters. The Balaban J connectivity index is 1.58. The van der Waals surface area contributed by atoms with Gasteiger partial charge in [-0.25, -0.2) is 4.98 Å². The Bertz CT molecular complexity index is 617. The Kier molecular flexibility index (Phi) is 4.90. The van der Waals surface area contributed by atoms with E-state index in [1.807, 2.05) is 12.1 Å². The maximum Gasteiger partial charge on any atom is 0.257 e. The second kappa shape index (κ2) is 7.30. The number of morpholine rings is 1. The fourth-order valence-corrected chi connectivity index (χ4v) is 4.61. The zero-order valence-electron chi connectivity index (χ0n) is 15.1. The fraction of sp³-hybridized carbons (Fsp3) is 0.684. The summed E-state index contributed by atoms with van der Waals surface area (Å²) >= 11 is 0. The summed E-state index contributed by atoms with van der Waals surface area (Å²) in [6.45, 7) is 5.01. The molecule has 0 bridgehead atoms. The Morgan fingerprint density at radius 3 is 2.64 bits per heavy atom. The molecule has 0 N–H and O–H groups in total. The second-order valence-corrected chi connectivity index (χ2v) is 7.37. The molecule has 3 saturated heterocycles. The molecule has 25 heavy (non-hydrogen) atoms. The van der Waals surface area contributed by atoms with Crippen molar-refractivity contribution in [1.82, 2.24) is 14.8 Å². The molecule has 6 nitrogen and oxygen atoms in total. The standard InChI is InChI=1S/C19H28N4O2/c1-21-9-3-6-16(21)17-7-4-10-23(17)19(24)15-5-2-8-20-18(15)22-11-13-25-14-12-22/h2,5,8,16-17H,3-4,6-7,9-14H2,1H3/t16-,17+/m1/s1. The number of carbonyl (C=O) groups is 1. The van der Waals surface area contributed by atoms with E-state index < -0.39 is 0 Å². The first-order chi connectivity index (χ1) is 12.3. The number of aromatic nitrogens is 1. The van der Waals surface area contributed by atoms with E-state index in [1.54, 1.807) is 6.20 Å². The predicted octanol–water partition coefficient (Wildman–Crippen LogP) is 1.62. The average molecular weight is 344 g/mol. The molecule has 136 valence electrons. The van der Waals surface area contributed by atoms with Crippen LogP contribution in [0.15, 0.2) is 18.3 Å². The number of hydrogen-bond acceptors (Lipinski definition) is 5. The maximum absolute atomic E-state index is 13.4. The molecule has 1 aromatic rings. The molecule has 0 spiro atoms. The van der Waals surface area contributed by atoms with Gasteiger partial charge in [-0.1, -0.05) is 0 Å². The Morgan fingerprint density at radius 2 is 1.88 bits per heavy atom. The molecule has 4 heterocycles. The summed E-state index contributed by atoms with van der Waals surface area (Å²) in [4.78, 5) is 24.7. The highest BCUT2D eigenvalue weighted by Gasteiger charge is 2.39. The molecular weight excluding hydrogens is 316 g/mol. The van der Waals surface area contributed by atoms with Gasteiger partial charge in [0.15, 0.2) is 0 Å². The van der Waals surface area contributed by atoms with Crippen LogP contribution in [0.5, 0.6) is 0 Å². The third-order valence-corrected chi connectivity index (χ3v) is 5.91. The van der Waals surface area contributed by atoms with E-state index in [1.165, 1.54) is 12.8 Å². The summed E-state index contributed by atoms with van der Waals surface area (Å²) in [7, 11) is 2.20. The molecule has 1 amide bonds. The number of carbonyl (C=O) groups excluding carboxylic acids is 1. The molecule has 3 fully saturated rings. The molecule has 0 aromatic carbocycles. The zero-order valence-corrected chi connectivity index (χ0v) is 15.1. The lowest BCUT2D eigenvalue weighted by Crippen LogP contribution is -2.47. The Morgan fingerprint density at radius 1 is 1.12 bits per heavy atom. The topological polar surface area (TPSA) is 48.9 Å².